The van der Waals surface area contributed by atoms with Crippen LogP contribution in [0.15, 0.2) is 36.4 Å². The molecule has 2 aromatic carbocycles. The van der Waals surface area contributed by atoms with Gasteiger partial charge in [-0.25, -0.2) is 4.79 Å². The van der Waals surface area contributed by atoms with Gasteiger partial charge in [0.1, 0.15) is 18.0 Å². The van der Waals surface area contributed by atoms with E-state index in [1.54, 1.807) is 39.5 Å². The number of carbonyl (C=O) groups excluding carboxylic acids is 2. The molecule has 0 fully saturated rings. The highest BCUT2D eigenvalue weighted by Crippen LogP contribution is 2.23. The second kappa shape index (κ2) is 9.64. The average molecular weight is 385 g/mol. The Morgan fingerprint density at radius 1 is 1.04 bits per heavy atom. The van der Waals surface area contributed by atoms with Crippen molar-refractivity contribution < 1.29 is 19.1 Å². The molecule has 0 saturated carbocycles. The first-order valence-corrected chi connectivity index (χ1v) is 8.91. The van der Waals surface area contributed by atoms with Crippen LogP contribution in [0, 0.1) is 13.8 Å². The number of carbonyl (C=O) groups is 2. The molecule has 2 aromatic rings. The third-order valence-electron chi connectivity index (χ3n) is 4.39. The van der Waals surface area contributed by atoms with Crippen LogP contribution in [-0.2, 0) is 11.3 Å². The Morgan fingerprint density at radius 3 is 2.32 bits per heavy atom. The van der Waals surface area contributed by atoms with Crippen molar-refractivity contribution in [2.24, 2.45) is 0 Å². The first-order chi connectivity index (χ1) is 13.3. The first kappa shape index (κ1) is 21.1. The van der Waals surface area contributed by atoms with E-state index in [1.165, 1.54) is 4.90 Å². The van der Waals surface area contributed by atoms with E-state index in [2.05, 4.69) is 10.6 Å². The number of nitrogens with one attached hydrogen (secondary N) is 2. The Hall–Kier alpha value is -3.22. The number of amides is 3. The molecule has 0 atom stereocenters. The fraction of sp³-hybridized carbons (Fsp3) is 0.333. The van der Waals surface area contributed by atoms with Gasteiger partial charge in [0, 0.05) is 24.8 Å². The van der Waals surface area contributed by atoms with Gasteiger partial charge in [-0.3, -0.25) is 4.79 Å². The normalized spacial score (nSPS) is 10.2. The standard InChI is InChI=1S/C21H27N3O4/c1-14-7-6-8-15(2)20(14)23-19(25)13-24(3)21(26)22-12-16-11-17(27-4)9-10-18(16)28-5/h6-11H,12-13H2,1-5H3,(H,22,26)(H,23,25). The van der Waals surface area contributed by atoms with Crippen LogP contribution in [0.2, 0.25) is 0 Å². The minimum Gasteiger partial charge on any atom is -0.497 e. The summed E-state index contributed by atoms with van der Waals surface area (Å²) in [6.45, 7) is 4.05. The highest BCUT2D eigenvalue weighted by atomic mass is 16.5. The second-order valence-electron chi connectivity index (χ2n) is 6.51. The summed E-state index contributed by atoms with van der Waals surface area (Å²) >= 11 is 0. The van der Waals surface area contributed by atoms with Crippen molar-refractivity contribution in [3.63, 3.8) is 0 Å². The first-order valence-electron chi connectivity index (χ1n) is 8.91. The molecule has 2 N–H and O–H groups in total. The highest BCUT2D eigenvalue weighted by Gasteiger charge is 2.15. The molecular weight excluding hydrogens is 358 g/mol. The SMILES string of the molecule is COc1ccc(OC)c(CNC(=O)N(C)CC(=O)Nc2c(C)cccc2C)c1. The lowest BCUT2D eigenvalue weighted by Gasteiger charge is -2.19. The highest BCUT2D eigenvalue weighted by molar-refractivity contribution is 5.95. The van der Waals surface area contributed by atoms with Gasteiger partial charge in [0.05, 0.1) is 14.2 Å². The van der Waals surface area contributed by atoms with Crippen LogP contribution in [0.5, 0.6) is 11.5 Å². The van der Waals surface area contributed by atoms with Crippen molar-refractivity contribution in [2.45, 2.75) is 20.4 Å². The zero-order valence-electron chi connectivity index (χ0n) is 17.0. The van der Waals surface area contributed by atoms with E-state index in [4.69, 9.17) is 9.47 Å². The molecule has 2 rings (SSSR count). The van der Waals surface area contributed by atoms with Crippen molar-refractivity contribution >= 4 is 17.6 Å². The number of aryl methyl sites for hydroxylation is 2. The topological polar surface area (TPSA) is 79.9 Å². The Bertz CT molecular complexity index is 831. The molecule has 0 spiro atoms. The monoisotopic (exact) mass is 385 g/mol. The molecule has 150 valence electrons. The number of anilines is 1. The molecule has 28 heavy (non-hydrogen) atoms. The minimum absolute atomic E-state index is 0.0607. The van der Waals surface area contributed by atoms with Gasteiger partial charge in [-0.05, 0) is 43.2 Å². The Labute approximate surface area is 165 Å². The maximum absolute atomic E-state index is 12.4. The molecule has 0 aliphatic rings. The number of methoxy groups -OCH3 is 2. The van der Waals surface area contributed by atoms with Gasteiger partial charge in [-0.1, -0.05) is 18.2 Å². The number of nitrogens with zero attached hydrogens (tertiary/aromatic N) is 1. The average Bonchev–Trinajstić information content (AvgIpc) is 2.68. The molecule has 0 radical (unpaired) electrons. The zero-order valence-corrected chi connectivity index (χ0v) is 17.0. The number of ether oxygens (including phenoxy) is 2. The van der Waals surface area contributed by atoms with Crippen LogP contribution < -0.4 is 20.1 Å². The van der Waals surface area contributed by atoms with E-state index in [0.717, 1.165) is 22.4 Å². The maximum Gasteiger partial charge on any atom is 0.317 e. The lowest BCUT2D eigenvalue weighted by molar-refractivity contribution is -0.116. The largest absolute Gasteiger partial charge is 0.497 e. The van der Waals surface area contributed by atoms with Crippen LogP contribution in [0.4, 0.5) is 10.5 Å². The van der Waals surface area contributed by atoms with E-state index >= 15 is 0 Å². The van der Waals surface area contributed by atoms with Crippen molar-refractivity contribution in [1.29, 1.82) is 0 Å². The number of rotatable bonds is 7. The minimum atomic E-state index is -0.360. The van der Waals surface area contributed by atoms with E-state index < -0.39 is 0 Å². The van der Waals surface area contributed by atoms with E-state index in [9.17, 15) is 9.59 Å². The van der Waals surface area contributed by atoms with Crippen LogP contribution in [-0.4, -0.2) is 44.7 Å². The Kier molecular flexibility index (Phi) is 7.26. The number of para-hydroxylation sites is 1. The molecule has 0 aliphatic heterocycles. The zero-order chi connectivity index (χ0) is 20.7. The quantitative estimate of drug-likeness (QED) is 0.768. The maximum atomic E-state index is 12.4. The van der Waals surface area contributed by atoms with Gasteiger partial charge in [0.2, 0.25) is 5.91 Å². The fourth-order valence-electron chi connectivity index (χ4n) is 2.80. The molecule has 0 unspecified atom stereocenters. The van der Waals surface area contributed by atoms with Crippen LogP contribution in [0.3, 0.4) is 0 Å². The van der Waals surface area contributed by atoms with Crippen molar-refractivity contribution in [1.82, 2.24) is 10.2 Å². The predicted molar refractivity (Wildman–Crippen MR) is 109 cm³/mol. The molecule has 0 heterocycles. The Balaban J connectivity index is 1.93. The predicted octanol–water partition coefficient (Wildman–Crippen LogP) is 3.10. The summed E-state index contributed by atoms with van der Waals surface area (Å²) in [5.74, 6) is 1.07. The number of urea groups is 1. The van der Waals surface area contributed by atoms with E-state index in [0.29, 0.717) is 11.5 Å². The van der Waals surface area contributed by atoms with Gasteiger partial charge in [0.15, 0.2) is 0 Å². The van der Waals surface area contributed by atoms with Gasteiger partial charge in [-0.2, -0.15) is 0 Å². The van der Waals surface area contributed by atoms with Crippen molar-refractivity contribution in [3.05, 3.63) is 53.1 Å². The van der Waals surface area contributed by atoms with Gasteiger partial charge in [-0.15, -0.1) is 0 Å². The molecule has 7 nitrogen and oxygen atoms in total. The summed E-state index contributed by atoms with van der Waals surface area (Å²) in [6, 6.07) is 10.8. The summed E-state index contributed by atoms with van der Waals surface area (Å²) in [6.07, 6.45) is 0. The summed E-state index contributed by atoms with van der Waals surface area (Å²) in [5, 5.41) is 5.66. The van der Waals surface area contributed by atoms with Crippen LogP contribution in [0.1, 0.15) is 16.7 Å². The summed E-state index contributed by atoms with van der Waals surface area (Å²) in [7, 11) is 4.71. The van der Waals surface area contributed by atoms with E-state index in [1.807, 2.05) is 32.0 Å². The molecule has 7 heteroatoms. The summed E-state index contributed by atoms with van der Waals surface area (Å²) in [4.78, 5) is 26.0. The van der Waals surface area contributed by atoms with Crippen LogP contribution in [0.25, 0.3) is 0 Å². The smallest absolute Gasteiger partial charge is 0.317 e. The molecule has 0 bridgehead atoms. The molecule has 0 aliphatic carbocycles. The molecule has 3 amide bonds. The fourth-order valence-corrected chi connectivity index (χ4v) is 2.80. The number of likely N-dealkylation sites (N-methyl/N-ethyl adjacent to an activating group) is 1. The molecule has 0 saturated heterocycles. The third-order valence-corrected chi connectivity index (χ3v) is 4.39. The number of hydrogen-bond acceptors (Lipinski definition) is 4. The molecular formula is C21H27N3O4. The number of benzene rings is 2. The molecule has 0 aromatic heterocycles. The third kappa shape index (κ3) is 5.39. The second-order valence-corrected chi connectivity index (χ2v) is 6.51. The summed E-state index contributed by atoms with van der Waals surface area (Å²) < 4.78 is 10.5. The lowest BCUT2D eigenvalue weighted by Crippen LogP contribution is -2.41. The van der Waals surface area contributed by atoms with Crippen molar-refractivity contribution in [3.8, 4) is 11.5 Å². The Morgan fingerprint density at radius 2 is 1.71 bits per heavy atom. The van der Waals surface area contributed by atoms with Gasteiger partial charge >= 0.3 is 6.03 Å². The van der Waals surface area contributed by atoms with Gasteiger partial charge in [0.25, 0.3) is 0 Å². The lowest BCUT2D eigenvalue weighted by atomic mass is 10.1. The van der Waals surface area contributed by atoms with Crippen LogP contribution >= 0.6 is 0 Å². The van der Waals surface area contributed by atoms with Gasteiger partial charge < -0.3 is 25.0 Å². The van der Waals surface area contributed by atoms with Crippen molar-refractivity contribution in [2.75, 3.05) is 33.1 Å². The van der Waals surface area contributed by atoms with E-state index in [-0.39, 0.29) is 25.0 Å². The summed E-state index contributed by atoms with van der Waals surface area (Å²) in [5.41, 5.74) is 3.52. The number of hydrogen-bond donors (Lipinski definition) is 2.